The monoisotopic (exact) mass is 373 g/mol. The van der Waals surface area contributed by atoms with Crippen molar-refractivity contribution in [1.82, 2.24) is 0 Å². The molecular formula is C23H23N3S. The topological polar surface area (TPSA) is 18.8 Å². The Kier molecular flexibility index (Phi) is 3.66. The van der Waals surface area contributed by atoms with E-state index in [1.807, 2.05) is 0 Å². The highest BCUT2D eigenvalue weighted by Gasteiger charge is 2.39. The number of amidine groups is 1. The number of anilines is 2. The summed E-state index contributed by atoms with van der Waals surface area (Å²) >= 11 is 1.76. The highest BCUT2D eigenvalue weighted by molar-refractivity contribution is 7.12. The lowest BCUT2D eigenvalue weighted by molar-refractivity contribution is 0.409. The van der Waals surface area contributed by atoms with Gasteiger partial charge in [-0.1, -0.05) is 37.8 Å². The van der Waals surface area contributed by atoms with Crippen LogP contribution >= 0.6 is 11.3 Å². The van der Waals surface area contributed by atoms with Crippen molar-refractivity contribution in [3.63, 3.8) is 0 Å². The van der Waals surface area contributed by atoms with Crippen LogP contribution < -0.4 is 9.80 Å². The zero-order valence-corrected chi connectivity index (χ0v) is 16.6. The fourth-order valence-electron chi connectivity index (χ4n) is 4.24. The summed E-state index contributed by atoms with van der Waals surface area (Å²) < 4.78 is 0. The lowest BCUT2D eigenvalue weighted by atomic mass is 9.82. The molecule has 5 rings (SSSR count). The number of benzene rings is 1. The van der Waals surface area contributed by atoms with Crippen molar-refractivity contribution < 1.29 is 0 Å². The van der Waals surface area contributed by atoms with Crippen LogP contribution in [-0.2, 0) is 0 Å². The molecule has 0 unspecified atom stereocenters. The van der Waals surface area contributed by atoms with Gasteiger partial charge in [0, 0.05) is 24.2 Å². The standard InChI is InChI=1S/C23H23N3S/c1-14-13-27-21-15(2)19-16(3)26(18-11-6-5-7-12-18)22(17-9-8-10-17)24-23(19)25(4)20(14)21/h5-7,11-13,17H,2-3,8-10H2,1,4H3. The van der Waals surface area contributed by atoms with Gasteiger partial charge < -0.3 is 4.90 Å². The molecule has 0 spiro atoms. The van der Waals surface area contributed by atoms with E-state index in [-0.39, 0.29) is 0 Å². The molecule has 0 saturated heterocycles. The largest absolute Gasteiger partial charge is 0.327 e. The lowest BCUT2D eigenvalue weighted by Gasteiger charge is -2.43. The van der Waals surface area contributed by atoms with Gasteiger partial charge in [-0.2, -0.15) is 0 Å². The van der Waals surface area contributed by atoms with Gasteiger partial charge in [-0.15, -0.1) is 11.3 Å². The Labute approximate surface area is 164 Å². The molecule has 0 atom stereocenters. The van der Waals surface area contributed by atoms with Gasteiger partial charge in [-0.25, -0.2) is 4.99 Å². The van der Waals surface area contributed by atoms with Gasteiger partial charge in [0.15, 0.2) is 0 Å². The first-order valence-electron chi connectivity index (χ1n) is 9.46. The summed E-state index contributed by atoms with van der Waals surface area (Å²) in [5.74, 6) is 2.63. The van der Waals surface area contributed by atoms with Gasteiger partial charge in [-0.3, -0.25) is 4.90 Å². The first-order chi connectivity index (χ1) is 13.1. The Hall–Kier alpha value is -2.59. The van der Waals surface area contributed by atoms with E-state index in [0.717, 1.165) is 34.2 Å². The molecule has 0 radical (unpaired) electrons. The van der Waals surface area contributed by atoms with E-state index < -0.39 is 0 Å². The Morgan fingerprint density at radius 3 is 2.56 bits per heavy atom. The van der Waals surface area contributed by atoms with Gasteiger partial charge in [-0.05, 0) is 48.4 Å². The molecule has 2 aromatic rings. The molecule has 2 aliphatic heterocycles. The van der Waals surface area contributed by atoms with E-state index in [9.17, 15) is 0 Å². The minimum absolute atomic E-state index is 0.502. The molecule has 0 N–H and O–H groups in total. The summed E-state index contributed by atoms with van der Waals surface area (Å²) in [6, 6.07) is 10.5. The summed E-state index contributed by atoms with van der Waals surface area (Å²) in [5.41, 5.74) is 6.74. The molecule has 0 bridgehead atoms. The third-order valence-electron chi connectivity index (χ3n) is 5.89. The number of fused-ring (bicyclic) bond motifs is 1. The molecule has 1 saturated carbocycles. The molecule has 1 aromatic carbocycles. The Bertz CT molecular complexity index is 1020. The summed E-state index contributed by atoms with van der Waals surface area (Å²) in [4.78, 5) is 10.9. The number of aryl methyl sites for hydroxylation is 1. The quantitative estimate of drug-likeness (QED) is 0.646. The summed E-state index contributed by atoms with van der Waals surface area (Å²) in [6.45, 7) is 11.1. The number of para-hydroxylation sites is 1. The number of thiophene rings is 1. The van der Waals surface area contributed by atoms with Gasteiger partial charge in [0.05, 0.1) is 16.3 Å². The van der Waals surface area contributed by atoms with Crippen LogP contribution in [-0.4, -0.2) is 12.9 Å². The first-order valence-corrected chi connectivity index (χ1v) is 10.3. The van der Waals surface area contributed by atoms with Crippen LogP contribution in [0, 0.1) is 12.8 Å². The molecule has 136 valence electrons. The van der Waals surface area contributed by atoms with Crippen molar-refractivity contribution in [2.24, 2.45) is 10.9 Å². The van der Waals surface area contributed by atoms with Crippen LogP contribution in [0.25, 0.3) is 5.57 Å². The van der Waals surface area contributed by atoms with Crippen molar-refractivity contribution in [2.45, 2.75) is 26.2 Å². The van der Waals surface area contributed by atoms with E-state index in [2.05, 4.69) is 72.6 Å². The van der Waals surface area contributed by atoms with Crippen LogP contribution in [0.1, 0.15) is 29.7 Å². The molecule has 1 fully saturated rings. The fraction of sp³-hybridized carbons (Fsp3) is 0.261. The molecule has 3 heterocycles. The number of hydrogen-bond acceptors (Lipinski definition) is 4. The van der Waals surface area contributed by atoms with Crippen LogP contribution in [0.3, 0.4) is 0 Å². The molecule has 1 aliphatic carbocycles. The molecule has 3 aliphatic rings. The third kappa shape index (κ3) is 2.29. The second-order valence-electron chi connectivity index (χ2n) is 7.55. The number of allylic oxidation sites excluding steroid dienone is 1. The highest BCUT2D eigenvalue weighted by atomic mass is 32.1. The predicted octanol–water partition coefficient (Wildman–Crippen LogP) is 5.96. The number of nitrogens with zero attached hydrogens (tertiary/aromatic N) is 3. The smallest absolute Gasteiger partial charge is 0.144 e. The van der Waals surface area contributed by atoms with Crippen LogP contribution in [0.5, 0.6) is 0 Å². The average molecular weight is 374 g/mol. The van der Waals surface area contributed by atoms with Crippen molar-refractivity contribution in [1.29, 1.82) is 0 Å². The minimum Gasteiger partial charge on any atom is -0.327 e. The normalized spacial score (nSPS) is 19.7. The van der Waals surface area contributed by atoms with E-state index in [1.165, 1.54) is 35.4 Å². The highest BCUT2D eigenvalue weighted by Crippen LogP contribution is 2.50. The maximum absolute atomic E-state index is 5.22. The molecule has 0 amide bonds. The van der Waals surface area contributed by atoms with E-state index in [4.69, 9.17) is 4.99 Å². The zero-order chi connectivity index (χ0) is 18.7. The molecule has 4 heteroatoms. The average Bonchev–Trinajstić information content (AvgIpc) is 3.01. The van der Waals surface area contributed by atoms with Gasteiger partial charge in [0.1, 0.15) is 11.7 Å². The lowest BCUT2D eigenvalue weighted by Crippen LogP contribution is -2.43. The second-order valence-corrected chi connectivity index (χ2v) is 8.43. The second kappa shape index (κ2) is 5.96. The minimum atomic E-state index is 0.502. The fourth-order valence-corrected chi connectivity index (χ4v) is 5.30. The molecular weight excluding hydrogens is 350 g/mol. The summed E-state index contributed by atoms with van der Waals surface area (Å²) in [5, 5.41) is 2.21. The Morgan fingerprint density at radius 1 is 1.15 bits per heavy atom. The molecule has 3 nitrogen and oxygen atoms in total. The van der Waals surface area contributed by atoms with Crippen LogP contribution in [0.15, 0.2) is 71.0 Å². The Morgan fingerprint density at radius 2 is 1.89 bits per heavy atom. The maximum atomic E-state index is 5.22. The zero-order valence-electron chi connectivity index (χ0n) is 15.8. The number of hydrogen-bond donors (Lipinski definition) is 0. The van der Waals surface area contributed by atoms with Gasteiger partial charge >= 0.3 is 0 Å². The van der Waals surface area contributed by atoms with Crippen molar-refractivity contribution in [2.75, 3.05) is 16.8 Å². The van der Waals surface area contributed by atoms with Gasteiger partial charge in [0.25, 0.3) is 0 Å². The predicted molar refractivity (Wildman–Crippen MR) is 116 cm³/mol. The summed E-state index contributed by atoms with van der Waals surface area (Å²) in [7, 11) is 2.12. The Balaban J connectivity index is 1.70. The summed E-state index contributed by atoms with van der Waals surface area (Å²) in [6.07, 6.45) is 3.68. The number of rotatable bonds is 2. The van der Waals surface area contributed by atoms with Crippen LogP contribution in [0.4, 0.5) is 11.4 Å². The van der Waals surface area contributed by atoms with Gasteiger partial charge in [0.2, 0.25) is 0 Å². The molecule has 27 heavy (non-hydrogen) atoms. The van der Waals surface area contributed by atoms with E-state index in [1.54, 1.807) is 11.3 Å². The maximum Gasteiger partial charge on any atom is 0.144 e. The van der Waals surface area contributed by atoms with Crippen LogP contribution in [0.2, 0.25) is 0 Å². The molecule has 1 aromatic heterocycles. The van der Waals surface area contributed by atoms with Crippen molar-refractivity contribution >= 4 is 34.1 Å². The first kappa shape index (κ1) is 16.6. The SMILES string of the molecule is C=C1C2=C(N=C(C3CCC3)N(c3ccccc3)C2=C)N(C)c2c(C)csc21. The van der Waals surface area contributed by atoms with E-state index >= 15 is 0 Å². The van der Waals surface area contributed by atoms with Crippen molar-refractivity contribution in [3.05, 3.63) is 76.4 Å². The van der Waals surface area contributed by atoms with Crippen molar-refractivity contribution in [3.8, 4) is 0 Å². The van der Waals surface area contributed by atoms with E-state index in [0.29, 0.717) is 5.92 Å². The number of aliphatic imine (C=N–C) groups is 1. The third-order valence-corrected chi connectivity index (χ3v) is 7.03.